The van der Waals surface area contributed by atoms with Gasteiger partial charge in [-0.05, 0) is 33.6 Å². The highest BCUT2D eigenvalue weighted by Crippen LogP contribution is 2.15. The second-order valence-corrected chi connectivity index (χ2v) is 4.97. The van der Waals surface area contributed by atoms with Crippen molar-refractivity contribution in [3.63, 3.8) is 0 Å². The van der Waals surface area contributed by atoms with Gasteiger partial charge >= 0.3 is 6.03 Å². The predicted octanol–water partition coefficient (Wildman–Crippen LogP) is 1.66. The lowest BCUT2D eigenvalue weighted by atomic mass is 10.1. The Morgan fingerprint density at radius 1 is 1.53 bits per heavy atom. The Morgan fingerprint density at radius 2 is 2.32 bits per heavy atom. The molecule has 0 aromatic carbocycles. The summed E-state index contributed by atoms with van der Waals surface area (Å²) in [6.45, 7) is 6.87. The Balaban J connectivity index is 1.78. The van der Waals surface area contributed by atoms with Crippen LogP contribution in [0.15, 0.2) is 4.52 Å². The molecule has 2 amide bonds. The zero-order valence-electron chi connectivity index (χ0n) is 11.7. The quantitative estimate of drug-likeness (QED) is 0.869. The van der Waals surface area contributed by atoms with Crippen molar-refractivity contribution in [2.75, 3.05) is 6.61 Å². The van der Waals surface area contributed by atoms with Crippen LogP contribution in [0.1, 0.15) is 36.8 Å². The molecule has 2 atom stereocenters. The van der Waals surface area contributed by atoms with Crippen LogP contribution >= 0.6 is 0 Å². The molecule has 1 aromatic heterocycles. The van der Waals surface area contributed by atoms with Gasteiger partial charge in [-0.2, -0.15) is 0 Å². The molecule has 1 aliphatic heterocycles. The number of rotatable bonds is 4. The average Bonchev–Trinajstić information content (AvgIpc) is 2.98. The lowest BCUT2D eigenvalue weighted by Gasteiger charge is -2.20. The molecule has 6 nitrogen and oxygen atoms in total. The summed E-state index contributed by atoms with van der Waals surface area (Å²) in [6, 6.07) is -0.171. The summed E-state index contributed by atoms with van der Waals surface area (Å²) in [5.41, 5.74) is 1.74. The van der Waals surface area contributed by atoms with Crippen molar-refractivity contribution in [2.45, 2.75) is 52.3 Å². The van der Waals surface area contributed by atoms with Crippen molar-refractivity contribution in [3.05, 3.63) is 17.0 Å². The van der Waals surface area contributed by atoms with E-state index in [0.717, 1.165) is 36.5 Å². The Kier molecular flexibility index (Phi) is 4.42. The van der Waals surface area contributed by atoms with Gasteiger partial charge in [-0.15, -0.1) is 0 Å². The van der Waals surface area contributed by atoms with Crippen molar-refractivity contribution < 1.29 is 14.1 Å². The number of hydrogen-bond donors (Lipinski definition) is 2. The van der Waals surface area contributed by atoms with Crippen LogP contribution in [0.3, 0.4) is 0 Å². The molecule has 19 heavy (non-hydrogen) atoms. The van der Waals surface area contributed by atoms with Crippen LogP contribution in [0.5, 0.6) is 0 Å². The molecule has 1 fully saturated rings. The fourth-order valence-corrected chi connectivity index (χ4v) is 2.27. The third-order valence-corrected chi connectivity index (χ3v) is 3.49. The molecule has 2 N–H and O–H groups in total. The number of hydrogen-bond acceptors (Lipinski definition) is 4. The molecule has 0 bridgehead atoms. The highest BCUT2D eigenvalue weighted by atomic mass is 16.5. The Morgan fingerprint density at radius 3 is 2.89 bits per heavy atom. The zero-order valence-corrected chi connectivity index (χ0v) is 11.7. The largest absolute Gasteiger partial charge is 0.376 e. The van der Waals surface area contributed by atoms with Crippen molar-refractivity contribution in [2.24, 2.45) is 0 Å². The first-order valence-electron chi connectivity index (χ1n) is 6.65. The summed E-state index contributed by atoms with van der Waals surface area (Å²) in [6.07, 6.45) is 2.20. The first kappa shape index (κ1) is 13.9. The maximum atomic E-state index is 11.8. The van der Waals surface area contributed by atoms with Gasteiger partial charge in [0.1, 0.15) is 5.76 Å². The minimum atomic E-state index is -0.192. The van der Waals surface area contributed by atoms with Gasteiger partial charge in [-0.3, -0.25) is 0 Å². The third kappa shape index (κ3) is 3.47. The monoisotopic (exact) mass is 267 g/mol. The summed E-state index contributed by atoms with van der Waals surface area (Å²) in [4.78, 5) is 11.8. The Labute approximate surface area is 112 Å². The van der Waals surface area contributed by atoms with Gasteiger partial charge in [-0.25, -0.2) is 4.79 Å². The number of aromatic nitrogens is 1. The van der Waals surface area contributed by atoms with Crippen LogP contribution in [-0.4, -0.2) is 29.9 Å². The molecule has 1 saturated heterocycles. The molecule has 0 spiro atoms. The molecule has 2 heterocycles. The van der Waals surface area contributed by atoms with Gasteiger partial charge < -0.3 is 19.9 Å². The Bertz CT molecular complexity index is 419. The number of aryl methyl sites for hydroxylation is 2. The molecule has 0 aliphatic carbocycles. The molecule has 0 radical (unpaired) electrons. The third-order valence-electron chi connectivity index (χ3n) is 3.49. The minimum Gasteiger partial charge on any atom is -0.376 e. The molecule has 1 aliphatic rings. The predicted molar refractivity (Wildman–Crippen MR) is 69.8 cm³/mol. The molecule has 2 rings (SSSR count). The maximum Gasteiger partial charge on any atom is 0.315 e. The number of carbonyl (C=O) groups excluding carboxylic acids is 1. The van der Waals surface area contributed by atoms with E-state index in [1.165, 1.54) is 0 Å². The normalized spacial score (nSPS) is 20.3. The number of nitrogens with zero attached hydrogens (tertiary/aromatic N) is 1. The summed E-state index contributed by atoms with van der Waals surface area (Å²) in [7, 11) is 0. The number of nitrogens with one attached hydrogen (secondary N) is 2. The highest BCUT2D eigenvalue weighted by Gasteiger charge is 2.23. The number of carbonyl (C=O) groups is 1. The number of ether oxygens (including phenoxy) is 1. The van der Waals surface area contributed by atoms with E-state index in [4.69, 9.17) is 9.26 Å². The fraction of sp³-hybridized carbons (Fsp3) is 0.692. The van der Waals surface area contributed by atoms with E-state index in [0.29, 0.717) is 6.54 Å². The first-order valence-corrected chi connectivity index (χ1v) is 6.65. The van der Waals surface area contributed by atoms with Crippen LogP contribution in [0.25, 0.3) is 0 Å². The SMILES string of the molecule is Cc1noc(C)c1CNC(=O)N[C@@H](C)[C@H]1CCCO1. The van der Waals surface area contributed by atoms with Gasteiger partial charge in [0.25, 0.3) is 0 Å². The van der Waals surface area contributed by atoms with Crippen molar-refractivity contribution in [1.82, 2.24) is 15.8 Å². The molecular weight excluding hydrogens is 246 g/mol. The smallest absolute Gasteiger partial charge is 0.315 e. The summed E-state index contributed by atoms with van der Waals surface area (Å²) in [5.74, 6) is 0.741. The topological polar surface area (TPSA) is 76.4 Å². The standard InChI is InChI=1S/C13H21N3O3/c1-8-11(10(3)19-16-8)7-14-13(17)15-9(2)12-5-4-6-18-12/h9,12H,4-7H2,1-3H3,(H2,14,15,17)/t9-,12+/m0/s1. The van der Waals surface area contributed by atoms with E-state index in [1.807, 2.05) is 20.8 Å². The van der Waals surface area contributed by atoms with Crippen LogP contribution in [0.2, 0.25) is 0 Å². The van der Waals surface area contributed by atoms with Crippen LogP contribution < -0.4 is 10.6 Å². The van der Waals surface area contributed by atoms with Crippen LogP contribution in [0, 0.1) is 13.8 Å². The second kappa shape index (κ2) is 6.06. The van der Waals surface area contributed by atoms with Gasteiger partial charge in [0.15, 0.2) is 0 Å². The van der Waals surface area contributed by atoms with Crippen molar-refractivity contribution >= 4 is 6.03 Å². The highest BCUT2D eigenvalue weighted by molar-refractivity contribution is 5.74. The average molecular weight is 267 g/mol. The van der Waals surface area contributed by atoms with E-state index < -0.39 is 0 Å². The second-order valence-electron chi connectivity index (χ2n) is 4.97. The van der Waals surface area contributed by atoms with Crippen molar-refractivity contribution in [3.8, 4) is 0 Å². The van der Waals surface area contributed by atoms with Gasteiger partial charge in [0, 0.05) is 18.7 Å². The lowest BCUT2D eigenvalue weighted by molar-refractivity contribution is 0.0860. The number of urea groups is 1. The van der Waals surface area contributed by atoms with Gasteiger partial charge in [0.2, 0.25) is 0 Å². The minimum absolute atomic E-state index is 0.0205. The lowest BCUT2D eigenvalue weighted by Crippen LogP contribution is -2.45. The fourth-order valence-electron chi connectivity index (χ4n) is 2.27. The summed E-state index contributed by atoms with van der Waals surface area (Å²) in [5, 5.41) is 9.56. The molecule has 1 aromatic rings. The van der Waals surface area contributed by atoms with E-state index in [2.05, 4.69) is 15.8 Å². The van der Waals surface area contributed by atoms with E-state index >= 15 is 0 Å². The van der Waals surface area contributed by atoms with Crippen molar-refractivity contribution in [1.29, 1.82) is 0 Å². The molecule has 0 saturated carbocycles. The zero-order chi connectivity index (χ0) is 13.8. The first-order chi connectivity index (χ1) is 9.08. The molecular formula is C13H21N3O3. The summed E-state index contributed by atoms with van der Waals surface area (Å²) >= 11 is 0. The molecule has 6 heteroatoms. The maximum absolute atomic E-state index is 11.8. The van der Waals surface area contributed by atoms with E-state index in [1.54, 1.807) is 0 Å². The molecule has 0 unspecified atom stereocenters. The van der Waals surface area contributed by atoms with E-state index in [-0.39, 0.29) is 18.2 Å². The van der Waals surface area contributed by atoms with Crippen LogP contribution in [0.4, 0.5) is 4.79 Å². The van der Waals surface area contributed by atoms with Gasteiger partial charge in [0.05, 0.1) is 17.8 Å². The van der Waals surface area contributed by atoms with Crippen LogP contribution in [-0.2, 0) is 11.3 Å². The number of amides is 2. The molecule has 106 valence electrons. The van der Waals surface area contributed by atoms with Gasteiger partial charge in [-0.1, -0.05) is 5.16 Å². The van der Waals surface area contributed by atoms with E-state index in [9.17, 15) is 4.79 Å². The summed E-state index contributed by atoms with van der Waals surface area (Å²) < 4.78 is 10.6. The Hall–Kier alpha value is -1.56.